The summed E-state index contributed by atoms with van der Waals surface area (Å²) in [5, 5.41) is 0. The first kappa shape index (κ1) is 13.7. The number of rotatable bonds is 3. The van der Waals surface area contributed by atoms with E-state index >= 15 is 0 Å². The highest BCUT2D eigenvalue weighted by Gasteiger charge is 2.23. The molecule has 0 bridgehead atoms. The molecule has 20 heavy (non-hydrogen) atoms. The first-order chi connectivity index (χ1) is 9.63. The van der Waals surface area contributed by atoms with Gasteiger partial charge in [-0.2, -0.15) is 0 Å². The SMILES string of the molecule is CN1CCN(c2cc(NS(=O)[O-])cc3c2OCC3)CC1. The van der Waals surface area contributed by atoms with E-state index in [9.17, 15) is 8.76 Å². The van der Waals surface area contributed by atoms with Gasteiger partial charge in [0.15, 0.2) is 0 Å². The molecule has 1 atom stereocenters. The molecule has 110 valence electrons. The summed E-state index contributed by atoms with van der Waals surface area (Å²) in [5.74, 6) is 0.914. The summed E-state index contributed by atoms with van der Waals surface area (Å²) in [4.78, 5) is 4.55. The maximum atomic E-state index is 10.8. The number of anilines is 2. The molecule has 0 aliphatic carbocycles. The topological polar surface area (TPSA) is 67.9 Å². The summed E-state index contributed by atoms with van der Waals surface area (Å²) in [6.07, 6.45) is 0.830. The Morgan fingerprint density at radius 2 is 2.05 bits per heavy atom. The lowest BCUT2D eigenvalue weighted by molar-refractivity contribution is 0.309. The van der Waals surface area contributed by atoms with Crippen molar-refractivity contribution in [1.29, 1.82) is 0 Å². The van der Waals surface area contributed by atoms with Crippen molar-refractivity contribution < 1.29 is 13.5 Å². The summed E-state index contributed by atoms with van der Waals surface area (Å²) in [6.45, 7) is 4.52. The Balaban J connectivity index is 1.92. The smallest absolute Gasteiger partial charge is 0.146 e. The van der Waals surface area contributed by atoms with E-state index in [1.54, 1.807) is 0 Å². The molecule has 0 spiro atoms. The monoisotopic (exact) mass is 296 g/mol. The summed E-state index contributed by atoms with van der Waals surface area (Å²) >= 11 is -2.30. The van der Waals surface area contributed by atoms with Crippen LogP contribution in [-0.2, 0) is 17.7 Å². The second kappa shape index (κ2) is 5.59. The standard InChI is InChI=1S/C13H19N3O3S/c1-15-3-5-16(6-4-15)12-9-11(14-20(17)18)8-10-2-7-19-13(10)12/h8-9,14H,2-7H2,1H3,(H,17,18)/p-1. The Morgan fingerprint density at radius 3 is 2.75 bits per heavy atom. The lowest BCUT2D eigenvalue weighted by atomic mass is 10.1. The third kappa shape index (κ3) is 2.74. The van der Waals surface area contributed by atoms with Gasteiger partial charge in [-0.25, -0.2) is 0 Å². The van der Waals surface area contributed by atoms with Crippen molar-refractivity contribution >= 4 is 22.6 Å². The van der Waals surface area contributed by atoms with Crippen LogP contribution in [-0.4, -0.2) is 53.5 Å². The molecule has 1 aromatic carbocycles. The van der Waals surface area contributed by atoms with Crippen molar-refractivity contribution in [2.75, 3.05) is 49.5 Å². The zero-order valence-corrected chi connectivity index (χ0v) is 12.2. The normalized spacial score (nSPS) is 20.4. The molecule has 1 saturated heterocycles. The molecule has 2 aliphatic heterocycles. The average Bonchev–Trinajstić information content (AvgIpc) is 2.86. The Kier molecular flexibility index (Phi) is 3.82. The van der Waals surface area contributed by atoms with Crippen molar-refractivity contribution in [1.82, 2.24) is 4.90 Å². The van der Waals surface area contributed by atoms with E-state index in [4.69, 9.17) is 4.74 Å². The maximum absolute atomic E-state index is 10.8. The predicted molar refractivity (Wildman–Crippen MR) is 77.9 cm³/mol. The summed E-state index contributed by atoms with van der Waals surface area (Å²) in [5.41, 5.74) is 2.69. The highest BCUT2D eigenvalue weighted by atomic mass is 32.2. The highest BCUT2D eigenvalue weighted by Crippen LogP contribution is 2.39. The maximum Gasteiger partial charge on any atom is 0.146 e. The number of ether oxygens (including phenoxy) is 1. The predicted octanol–water partition coefficient (Wildman–Crippen LogP) is 0.579. The van der Waals surface area contributed by atoms with Gasteiger partial charge in [0.1, 0.15) is 5.75 Å². The number of benzene rings is 1. The van der Waals surface area contributed by atoms with Crippen molar-refractivity contribution in [3.05, 3.63) is 17.7 Å². The fraction of sp³-hybridized carbons (Fsp3) is 0.538. The van der Waals surface area contributed by atoms with Crippen molar-refractivity contribution in [2.45, 2.75) is 6.42 Å². The fourth-order valence-electron chi connectivity index (χ4n) is 2.73. The van der Waals surface area contributed by atoms with E-state index in [1.807, 2.05) is 12.1 Å². The minimum Gasteiger partial charge on any atom is -0.755 e. The van der Waals surface area contributed by atoms with Crippen LogP contribution < -0.4 is 14.4 Å². The first-order valence-electron chi connectivity index (χ1n) is 6.72. The number of piperazine rings is 1. The van der Waals surface area contributed by atoms with E-state index in [0.717, 1.165) is 49.6 Å². The van der Waals surface area contributed by atoms with Crippen molar-refractivity contribution in [3.63, 3.8) is 0 Å². The minimum atomic E-state index is -2.30. The van der Waals surface area contributed by atoms with Crippen molar-refractivity contribution in [2.24, 2.45) is 0 Å². The molecule has 1 N–H and O–H groups in total. The Labute approximate surface area is 121 Å². The quantitative estimate of drug-likeness (QED) is 0.826. The largest absolute Gasteiger partial charge is 0.755 e. The first-order valence-corrected chi connectivity index (χ1v) is 7.80. The van der Waals surface area contributed by atoms with Gasteiger partial charge in [0.25, 0.3) is 0 Å². The Morgan fingerprint density at radius 1 is 1.30 bits per heavy atom. The third-order valence-corrected chi connectivity index (χ3v) is 4.21. The molecule has 6 nitrogen and oxygen atoms in total. The molecule has 0 amide bonds. The molecule has 0 saturated carbocycles. The molecule has 0 aromatic heterocycles. The summed E-state index contributed by atoms with van der Waals surface area (Å²) < 4.78 is 29.9. The number of hydrogen-bond acceptors (Lipinski definition) is 5. The van der Waals surface area contributed by atoms with Gasteiger partial charge in [-0.1, -0.05) is 0 Å². The molecular formula is C13H18N3O3S-. The van der Waals surface area contributed by atoms with E-state index in [1.165, 1.54) is 0 Å². The highest BCUT2D eigenvalue weighted by molar-refractivity contribution is 7.80. The van der Waals surface area contributed by atoms with Gasteiger partial charge in [0.2, 0.25) is 0 Å². The molecular weight excluding hydrogens is 278 g/mol. The van der Waals surface area contributed by atoms with Gasteiger partial charge in [0.05, 0.1) is 12.3 Å². The number of fused-ring (bicyclic) bond motifs is 1. The third-order valence-electron chi connectivity index (χ3n) is 3.81. The van der Waals surface area contributed by atoms with Crippen molar-refractivity contribution in [3.8, 4) is 5.75 Å². The molecule has 3 rings (SSSR count). The van der Waals surface area contributed by atoms with Crippen LogP contribution in [0.1, 0.15) is 5.56 Å². The number of hydrogen-bond donors (Lipinski definition) is 1. The van der Waals surface area contributed by atoms with Gasteiger partial charge in [0, 0.05) is 55.1 Å². The van der Waals surface area contributed by atoms with Gasteiger partial charge in [-0.05, 0) is 19.2 Å². The molecule has 1 aromatic rings. The Hall–Kier alpha value is -1.31. The van der Waals surface area contributed by atoms with Crippen LogP contribution in [0.3, 0.4) is 0 Å². The van der Waals surface area contributed by atoms with Gasteiger partial charge < -0.3 is 23.8 Å². The molecule has 2 heterocycles. The second-order valence-electron chi connectivity index (χ2n) is 5.21. The molecule has 1 unspecified atom stereocenters. The van der Waals surface area contributed by atoms with Crippen LogP contribution in [0.2, 0.25) is 0 Å². The van der Waals surface area contributed by atoms with Gasteiger partial charge >= 0.3 is 0 Å². The molecule has 7 heteroatoms. The average molecular weight is 296 g/mol. The summed E-state index contributed by atoms with van der Waals surface area (Å²) in [6, 6.07) is 3.73. The van der Waals surface area contributed by atoms with Crippen LogP contribution in [0.5, 0.6) is 5.75 Å². The van der Waals surface area contributed by atoms with Gasteiger partial charge in [-0.3, -0.25) is 4.21 Å². The van der Waals surface area contributed by atoms with Crippen LogP contribution in [0, 0.1) is 0 Å². The second-order valence-corrected chi connectivity index (χ2v) is 5.88. The van der Waals surface area contributed by atoms with Crippen LogP contribution in [0.15, 0.2) is 12.1 Å². The lowest BCUT2D eigenvalue weighted by Gasteiger charge is -2.35. The number of likely N-dealkylation sites (N-methyl/N-ethyl adjacent to an activating group) is 1. The number of nitrogens with zero attached hydrogens (tertiary/aromatic N) is 2. The van der Waals surface area contributed by atoms with E-state index < -0.39 is 11.3 Å². The minimum absolute atomic E-state index is 0.608. The zero-order chi connectivity index (χ0) is 14.1. The molecule has 1 fully saturated rings. The van der Waals surface area contributed by atoms with Gasteiger partial charge in [-0.15, -0.1) is 0 Å². The van der Waals surface area contributed by atoms with Crippen LogP contribution in [0.25, 0.3) is 0 Å². The fourth-order valence-corrected chi connectivity index (χ4v) is 3.04. The lowest BCUT2D eigenvalue weighted by Crippen LogP contribution is -2.44. The van der Waals surface area contributed by atoms with Crippen LogP contribution in [0.4, 0.5) is 11.4 Å². The molecule has 2 aliphatic rings. The zero-order valence-electron chi connectivity index (χ0n) is 11.4. The molecule has 0 radical (unpaired) electrons. The number of nitrogens with one attached hydrogen (secondary N) is 1. The van der Waals surface area contributed by atoms with E-state index in [-0.39, 0.29) is 0 Å². The van der Waals surface area contributed by atoms with E-state index in [2.05, 4.69) is 21.6 Å². The van der Waals surface area contributed by atoms with Crippen LogP contribution >= 0.6 is 0 Å². The Bertz CT molecular complexity index is 530. The van der Waals surface area contributed by atoms with E-state index in [0.29, 0.717) is 12.3 Å². The summed E-state index contributed by atoms with van der Waals surface area (Å²) in [7, 11) is 2.11.